The fraction of sp³-hybridized carbons (Fsp3) is 0.750. The number of alkyl halides is 1. The van der Waals surface area contributed by atoms with E-state index in [1.165, 1.54) is 12.8 Å². The summed E-state index contributed by atoms with van der Waals surface area (Å²) in [6.07, 6.45) is 5.72. The summed E-state index contributed by atoms with van der Waals surface area (Å²) in [7, 11) is 0. The zero-order valence-corrected chi connectivity index (χ0v) is 8.44. The SMILES string of the molecule is C=CCCCC(C)(C)I. The predicted molar refractivity (Wildman–Crippen MR) is 52.1 cm³/mol. The molecule has 0 aromatic heterocycles. The lowest BCUT2D eigenvalue weighted by atomic mass is 10.1. The number of hydrogen-bond donors (Lipinski definition) is 0. The lowest BCUT2D eigenvalue weighted by molar-refractivity contribution is 0.632. The fourth-order valence-corrected chi connectivity index (χ4v) is 1.05. The second-order valence-electron chi connectivity index (χ2n) is 2.90. The molecule has 0 aliphatic carbocycles. The molecule has 1 heteroatoms. The lowest BCUT2D eigenvalue weighted by Gasteiger charge is -2.14. The van der Waals surface area contributed by atoms with E-state index in [9.17, 15) is 0 Å². The van der Waals surface area contributed by atoms with Gasteiger partial charge in [0.1, 0.15) is 0 Å². The highest BCUT2D eigenvalue weighted by Gasteiger charge is 2.09. The minimum Gasteiger partial charge on any atom is -0.103 e. The van der Waals surface area contributed by atoms with Crippen molar-refractivity contribution in [1.82, 2.24) is 0 Å². The van der Waals surface area contributed by atoms with E-state index >= 15 is 0 Å². The van der Waals surface area contributed by atoms with Crippen molar-refractivity contribution in [1.29, 1.82) is 0 Å². The molecule has 0 aromatic rings. The molecule has 0 bridgehead atoms. The lowest BCUT2D eigenvalue weighted by Crippen LogP contribution is -2.07. The van der Waals surface area contributed by atoms with Crippen molar-refractivity contribution >= 4 is 22.6 Å². The van der Waals surface area contributed by atoms with Crippen LogP contribution in [0.5, 0.6) is 0 Å². The molecule has 54 valence electrons. The maximum Gasteiger partial charge on any atom is 0.0166 e. The molecule has 9 heavy (non-hydrogen) atoms. The molecule has 0 nitrogen and oxygen atoms in total. The van der Waals surface area contributed by atoms with Gasteiger partial charge >= 0.3 is 0 Å². The summed E-state index contributed by atoms with van der Waals surface area (Å²) >= 11 is 2.48. The molecule has 0 aromatic carbocycles. The average Bonchev–Trinajstić information content (AvgIpc) is 1.63. The Morgan fingerprint density at radius 3 is 2.44 bits per heavy atom. The zero-order valence-electron chi connectivity index (χ0n) is 6.28. The van der Waals surface area contributed by atoms with E-state index in [2.05, 4.69) is 43.0 Å². The summed E-state index contributed by atoms with van der Waals surface area (Å²) < 4.78 is 0.473. The topological polar surface area (TPSA) is 0 Å². The highest BCUT2D eigenvalue weighted by atomic mass is 127. The molecular formula is C8H15I. The number of hydrogen-bond acceptors (Lipinski definition) is 0. The first kappa shape index (κ1) is 9.47. The Labute approximate surface area is 71.9 Å². The van der Waals surface area contributed by atoms with E-state index in [0.29, 0.717) is 3.42 Å². The number of rotatable bonds is 4. The molecule has 0 saturated heterocycles. The molecular weight excluding hydrogens is 223 g/mol. The van der Waals surface area contributed by atoms with Gasteiger partial charge in [0.15, 0.2) is 0 Å². The van der Waals surface area contributed by atoms with E-state index < -0.39 is 0 Å². The third-order valence-corrected chi connectivity index (χ3v) is 1.72. The van der Waals surface area contributed by atoms with Crippen LogP contribution in [0.2, 0.25) is 0 Å². The van der Waals surface area contributed by atoms with Gasteiger partial charge in [-0.05, 0) is 19.3 Å². The first-order chi connectivity index (χ1) is 4.06. The van der Waals surface area contributed by atoms with Gasteiger partial charge in [-0.2, -0.15) is 0 Å². The molecule has 0 amide bonds. The Balaban J connectivity index is 3.17. The van der Waals surface area contributed by atoms with E-state index in [1.54, 1.807) is 0 Å². The number of unbranched alkanes of at least 4 members (excludes halogenated alkanes) is 1. The Morgan fingerprint density at radius 1 is 1.56 bits per heavy atom. The third-order valence-electron chi connectivity index (χ3n) is 1.18. The Morgan fingerprint density at radius 2 is 2.11 bits per heavy atom. The van der Waals surface area contributed by atoms with Crippen LogP contribution in [0.25, 0.3) is 0 Å². The minimum atomic E-state index is 0.473. The molecule has 0 saturated carbocycles. The summed E-state index contributed by atoms with van der Waals surface area (Å²) in [6, 6.07) is 0. The number of halogens is 1. The van der Waals surface area contributed by atoms with Crippen molar-refractivity contribution in [2.75, 3.05) is 0 Å². The minimum absolute atomic E-state index is 0.473. The van der Waals surface area contributed by atoms with Crippen LogP contribution in [-0.2, 0) is 0 Å². The quantitative estimate of drug-likeness (QED) is 0.304. The Hall–Kier alpha value is 0.470. The van der Waals surface area contributed by atoms with Crippen molar-refractivity contribution in [3.63, 3.8) is 0 Å². The van der Waals surface area contributed by atoms with E-state index in [0.717, 1.165) is 6.42 Å². The first-order valence-corrected chi connectivity index (χ1v) is 4.44. The molecule has 0 spiro atoms. The summed E-state index contributed by atoms with van der Waals surface area (Å²) in [5.41, 5.74) is 0. The van der Waals surface area contributed by atoms with Crippen LogP contribution >= 0.6 is 22.6 Å². The molecule has 0 aliphatic rings. The van der Waals surface area contributed by atoms with Crippen molar-refractivity contribution in [2.45, 2.75) is 36.5 Å². The molecule has 0 rings (SSSR count). The largest absolute Gasteiger partial charge is 0.103 e. The van der Waals surface area contributed by atoms with Crippen LogP contribution < -0.4 is 0 Å². The maximum atomic E-state index is 3.68. The van der Waals surface area contributed by atoms with Crippen LogP contribution in [-0.4, -0.2) is 3.42 Å². The second kappa shape index (κ2) is 4.31. The zero-order chi connectivity index (χ0) is 7.33. The van der Waals surface area contributed by atoms with Gasteiger partial charge in [0.25, 0.3) is 0 Å². The Kier molecular flexibility index (Phi) is 4.54. The van der Waals surface area contributed by atoms with Crippen LogP contribution in [0.1, 0.15) is 33.1 Å². The Bertz CT molecular complexity index is 79.1. The number of allylic oxidation sites excluding steroid dienone is 1. The van der Waals surface area contributed by atoms with Gasteiger partial charge in [0.05, 0.1) is 0 Å². The normalized spacial score (nSPS) is 11.4. The smallest absolute Gasteiger partial charge is 0.0166 e. The molecule has 0 heterocycles. The standard InChI is InChI=1S/C8H15I/c1-4-5-6-7-8(2,3)9/h4H,1,5-7H2,2-3H3. The van der Waals surface area contributed by atoms with Crippen LogP contribution in [0.3, 0.4) is 0 Å². The molecule has 0 atom stereocenters. The van der Waals surface area contributed by atoms with E-state index in [4.69, 9.17) is 0 Å². The van der Waals surface area contributed by atoms with E-state index in [1.807, 2.05) is 6.08 Å². The van der Waals surface area contributed by atoms with Crippen molar-refractivity contribution < 1.29 is 0 Å². The highest BCUT2D eigenvalue weighted by molar-refractivity contribution is 14.1. The molecule has 0 aliphatic heterocycles. The molecule has 0 N–H and O–H groups in total. The van der Waals surface area contributed by atoms with Crippen LogP contribution in [0.4, 0.5) is 0 Å². The molecule has 0 fully saturated rings. The summed E-state index contributed by atoms with van der Waals surface area (Å²) in [6.45, 7) is 8.20. The van der Waals surface area contributed by atoms with Crippen LogP contribution in [0, 0.1) is 0 Å². The van der Waals surface area contributed by atoms with Crippen molar-refractivity contribution in [2.24, 2.45) is 0 Å². The van der Waals surface area contributed by atoms with Gasteiger partial charge in [-0.15, -0.1) is 6.58 Å². The van der Waals surface area contributed by atoms with Crippen molar-refractivity contribution in [3.8, 4) is 0 Å². The van der Waals surface area contributed by atoms with Gasteiger partial charge in [0, 0.05) is 3.42 Å². The summed E-state index contributed by atoms with van der Waals surface area (Å²) in [5.74, 6) is 0. The monoisotopic (exact) mass is 238 g/mol. The fourth-order valence-electron chi connectivity index (χ4n) is 0.667. The first-order valence-electron chi connectivity index (χ1n) is 3.36. The van der Waals surface area contributed by atoms with Crippen molar-refractivity contribution in [3.05, 3.63) is 12.7 Å². The van der Waals surface area contributed by atoms with Gasteiger partial charge < -0.3 is 0 Å². The summed E-state index contributed by atoms with van der Waals surface area (Å²) in [5, 5.41) is 0. The maximum absolute atomic E-state index is 3.68. The molecule has 0 radical (unpaired) electrons. The average molecular weight is 238 g/mol. The van der Waals surface area contributed by atoms with Gasteiger partial charge in [-0.25, -0.2) is 0 Å². The third kappa shape index (κ3) is 8.47. The summed E-state index contributed by atoms with van der Waals surface area (Å²) in [4.78, 5) is 0. The van der Waals surface area contributed by atoms with E-state index in [-0.39, 0.29) is 0 Å². The second-order valence-corrected chi connectivity index (χ2v) is 5.82. The van der Waals surface area contributed by atoms with Gasteiger partial charge in [-0.3, -0.25) is 0 Å². The predicted octanol–water partition coefficient (Wildman–Crippen LogP) is 3.56. The van der Waals surface area contributed by atoms with Gasteiger partial charge in [0.2, 0.25) is 0 Å². The van der Waals surface area contributed by atoms with Gasteiger partial charge in [-0.1, -0.05) is 42.5 Å². The highest BCUT2D eigenvalue weighted by Crippen LogP contribution is 2.23. The molecule has 0 unspecified atom stereocenters. The van der Waals surface area contributed by atoms with Crippen LogP contribution in [0.15, 0.2) is 12.7 Å².